The van der Waals surface area contributed by atoms with Crippen LogP contribution in [0.5, 0.6) is 0 Å². The highest BCUT2D eigenvalue weighted by Gasteiger charge is 2.43. The average molecular weight is 275 g/mol. The SMILES string of the molecule is O=C(NC1(c2ncc(C(=O)O)[nH]2)CCC1)c1cn[nH]c1. The van der Waals surface area contributed by atoms with Gasteiger partial charge in [0.1, 0.15) is 11.5 Å². The van der Waals surface area contributed by atoms with Crippen LogP contribution in [0.1, 0.15) is 45.9 Å². The molecule has 0 atom stereocenters. The van der Waals surface area contributed by atoms with E-state index in [-0.39, 0.29) is 11.6 Å². The first-order valence-corrected chi connectivity index (χ1v) is 6.21. The topological polar surface area (TPSA) is 124 Å². The summed E-state index contributed by atoms with van der Waals surface area (Å²) < 4.78 is 0. The molecule has 0 aromatic carbocycles. The van der Waals surface area contributed by atoms with Crippen molar-refractivity contribution in [2.75, 3.05) is 0 Å². The van der Waals surface area contributed by atoms with Gasteiger partial charge in [-0.2, -0.15) is 5.10 Å². The smallest absolute Gasteiger partial charge is 0.353 e. The van der Waals surface area contributed by atoms with Gasteiger partial charge in [0.15, 0.2) is 0 Å². The Balaban J connectivity index is 1.83. The summed E-state index contributed by atoms with van der Waals surface area (Å²) in [6.45, 7) is 0. The molecular formula is C12H13N5O3. The van der Waals surface area contributed by atoms with Crippen molar-refractivity contribution in [1.82, 2.24) is 25.5 Å². The van der Waals surface area contributed by atoms with Gasteiger partial charge in [-0.25, -0.2) is 9.78 Å². The molecule has 8 nitrogen and oxygen atoms in total. The van der Waals surface area contributed by atoms with Crippen LogP contribution in [0.25, 0.3) is 0 Å². The standard InChI is InChI=1S/C12H13N5O3/c18-9(7-4-14-15-5-7)17-12(2-1-3-12)11-13-6-8(16-11)10(19)20/h4-6H,1-3H2,(H,13,16)(H,14,15)(H,17,18)(H,19,20). The van der Waals surface area contributed by atoms with Gasteiger partial charge in [-0.15, -0.1) is 0 Å². The summed E-state index contributed by atoms with van der Waals surface area (Å²) in [5, 5.41) is 18.1. The van der Waals surface area contributed by atoms with Gasteiger partial charge in [-0.3, -0.25) is 9.89 Å². The molecule has 1 amide bonds. The number of nitrogens with one attached hydrogen (secondary N) is 3. The molecule has 1 aliphatic rings. The lowest BCUT2D eigenvalue weighted by Gasteiger charge is -2.40. The predicted molar refractivity (Wildman–Crippen MR) is 67.1 cm³/mol. The van der Waals surface area contributed by atoms with Crippen LogP contribution in [0.2, 0.25) is 0 Å². The molecule has 8 heteroatoms. The Morgan fingerprint density at radius 1 is 1.35 bits per heavy atom. The lowest BCUT2D eigenvalue weighted by atomic mass is 9.76. The van der Waals surface area contributed by atoms with E-state index in [1.165, 1.54) is 18.6 Å². The highest BCUT2D eigenvalue weighted by molar-refractivity contribution is 5.94. The van der Waals surface area contributed by atoms with Gasteiger partial charge in [0.05, 0.1) is 23.5 Å². The Hall–Kier alpha value is -2.64. The third kappa shape index (κ3) is 1.94. The predicted octanol–water partition coefficient (Wildman–Crippen LogP) is 0.640. The molecule has 2 heterocycles. The Bertz CT molecular complexity index is 642. The summed E-state index contributed by atoms with van der Waals surface area (Å²) in [6, 6.07) is 0. The Morgan fingerprint density at radius 2 is 2.15 bits per heavy atom. The minimum atomic E-state index is -1.07. The molecular weight excluding hydrogens is 262 g/mol. The Kier molecular flexibility index (Phi) is 2.78. The number of rotatable bonds is 4. The molecule has 0 saturated heterocycles. The third-order valence-corrected chi connectivity index (χ3v) is 3.58. The number of imidazole rings is 1. The van der Waals surface area contributed by atoms with E-state index in [2.05, 4.69) is 25.5 Å². The van der Waals surface area contributed by atoms with Crippen LogP contribution in [0.4, 0.5) is 0 Å². The fourth-order valence-corrected chi connectivity index (χ4v) is 2.29. The molecule has 20 heavy (non-hydrogen) atoms. The van der Waals surface area contributed by atoms with E-state index in [0.29, 0.717) is 11.4 Å². The highest BCUT2D eigenvalue weighted by atomic mass is 16.4. The number of hydrogen-bond donors (Lipinski definition) is 4. The Labute approximate surface area is 113 Å². The lowest BCUT2D eigenvalue weighted by Crippen LogP contribution is -2.51. The van der Waals surface area contributed by atoms with Gasteiger partial charge in [0.25, 0.3) is 5.91 Å². The molecule has 2 aromatic rings. The maximum atomic E-state index is 12.1. The van der Waals surface area contributed by atoms with Crippen LogP contribution < -0.4 is 5.32 Å². The van der Waals surface area contributed by atoms with Gasteiger partial charge < -0.3 is 15.4 Å². The van der Waals surface area contributed by atoms with E-state index in [9.17, 15) is 9.59 Å². The fraction of sp³-hybridized carbons (Fsp3) is 0.333. The van der Waals surface area contributed by atoms with Gasteiger partial charge in [0.2, 0.25) is 0 Å². The average Bonchev–Trinajstić information content (AvgIpc) is 3.03. The van der Waals surface area contributed by atoms with Crippen LogP contribution in [-0.4, -0.2) is 37.1 Å². The zero-order valence-corrected chi connectivity index (χ0v) is 10.5. The molecule has 1 fully saturated rings. The number of aromatic nitrogens is 4. The van der Waals surface area contributed by atoms with Crippen molar-refractivity contribution in [3.05, 3.63) is 35.7 Å². The van der Waals surface area contributed by atoms with E-state index in [0.717, 1.165) is 19.3 Å². The zero-order valence-electron chi connectivity index (χ0n) is 10.5. The molecule has 3 rings (SSSR count). The second kappa shape index (κ2) is 4.48. The van der Waals surface area contributed by atoms with Crippen molar-refractivity contribution in [2.45, 2.75) is 24.8 Å². The lowest BCUT2D eigenvalue weighted by molar-refractivity contribution is 0.0690. The summed E-state index contributed by atoms with van der Waals surface area (Å²) in [5.74, 6) is -0.843. The number of carbonyl (C=O) groups is 2. The first-order chi connectivity index (χ1) is 9.61. The zero-order chi connectivity index (χ0) is 14.2. The largest absolute Gasteiger partial charge is 0.477 e. The first-order valence-electron chi connectivity index (χ1n) is 6.21. The Morgan fingerprint density at radius 3 is 2.65 bits per heavy atom. The molecule has 0 unspecified atom stereocenters. The van der Waals surface area contributed by atoms with Crippen molar-refractivity contribution in [3.63, 3.8) is 0 Å². The molecule has 1 saturated carbocycles. The maximum Gasteiger partial charge on any atom is 0.353 e. The second-order valence-corrected chi connectivity index (χ2v) is 4.83. The second-order valence-electron chi connectivity index (χ2n) is 4.83. The minimum absolute atomic E-state index is 0.0174. The minimum Gasteiger partial charge on any atom is -0.477 e. The maximum absolute atomic E-state index is 12.1. The molecule has 0 aliphatic heterocycles. The van der Waals surface area contributed by atoms with Gasteiger partial charge in [-0.05, 0) is 19.3 Å². The summed E-state index contributed by atoms with van der Waals surface area (Å²) >= 11 is 0. The van der Waals surface area contributed by atoms with E-state index in [1.807, 2.05) is 0 Å². The number of amides is 1. The van der Waals surface area contributed by atoms with Crippen LogP contribution in [0, 0.1) is 0 Å². The molecule has 0 bridgehead atoms. The number of aromatic carboxylic acids is 1. The monoisotopic (exact) mass is 275 g/mol. The van der Waals surface area contributed by atoms with Crippen molar-refractivity contribution in [3.8, 4) is 0 Å². The summed E-state index contributed by atoms with van der Waals surface area (Å²) in [4.78, 5) is 29.8. The molecule has 4 N–H and O–H groups in total. The molecule has 0 spiro atoms. The molecule has 2 aromatic heterocycles. The first kappa shape index (κ1) is 12.4. The number of carbonyl (C=O) groups excluding carboxylic acids is 1. The van der Waals surface area contributed by atoms with E-state index >= 15 is 0 Å². The number of nitrogens with zero attached hydrogens (tertiary/aromatic N) is 2. The van der Waals surface area contributed by atoms with Gasteiger partial charge in [-0.1, -0.05) is 0 Å². The van der Waals surface area contributed by atoms with Gasteiger partial charge >= 0.3 is 5.97 Å². The molecule has 104 valence electrons. The fourth-order valence-electron chi connectivity index (χ4n) is 2.29. The van der Waals surface area contributed by atoms with Gasteiger partial charge in [0, 0.05) is 6.20 Å². The van der Waals surface area contributed by atoms with Crippen molar-refractivity contribution < 1.29 is 14.7 Å². The summed E-state index contributed by atoms with van der Waals surface area (Å²) in [6.07, 6.45) is 6.61. The van der Waals surface area contributed by atoms with Crippen molar-refractivity contribution in [2.24, 2.45) is 0 Å². The highest BCUT2D eigenvalue weighted by Crippen LogP contribution is 2.39. The number of aromatic amines is 2. The number of carboxylic acid groups (broad SMARTS) is 1. The van der Waals surface area contributed by atoms with Crippen LogP contribution in [0.15, 0.2) is 18.6 Å². The summed E-state index contributed by atoms with van der Waals surface area (Å²) in [7, 11) is 0. The van der Waals surface area contributed by atoms with Crippen LogP contribution in [-0.2, 0) is 5.54 Å². The molecule has 0 radical (unpaired) electrons. The normalized spacial score (nSPS) is 16.4. The van der Waals surface area contributed by atoms with E-state index in [4.69, 9.17) is 5.11 Å². The van der Waals surface area contributed by atoms with Crippen LogP contribution in [0.3, 0.4) is 0 Å². The van der Waals surface area contributed by atoms with Crippen LogP contribution >= 0.6 is 0 Å². The number of hydrogen-bond acceptors (Lipinski definition) is 4. The summed E-state index contributed by atoms with van der Waals surface area (Å²) in [5.41, 5.74) is -0.160. The molecule has 1 aliphatic carbocycles. The van der Waals surface area contributed by atoms with Crippen molar-refractivity contribution >= 4 is 11.9 Å². The number of carboxylic acids is 1. The van der Waals surface area contributed by atoms with E-state index in [1.54, 1.807) is 0 Å². The third-order valence-electron chi connectivity index (χ3n) is 3.58. The van der Waals surface area contributed by atoms with Crippen molar-refractivity contribution in [1.29, 1.82) is 0 Å². The quantitative estimate of drug-likeness (QED) is 0.652. The number of H-pyrrole nitrogens is 2. The van der Waals surface area contributed by atoms with E-state index < -0.39 is 11.5 Å².